The van der Waals surface area contributed by atoms with Gasteiger partial charge in [0.25, 0.3) is 5.91 Å². The zero-order valence-electron chi connectivity index (χ0n) is 10.2. The lowest BCUT2D eigenvalue weighted by atomic mass is 10.1. The van der Waals surface area contributed by atoms with Crippen LogP contribution in [0.5, 0.6) is 0 Å². The van der Waals surface area contributed by atoms with Gasteiger partial charge in [0.15, 0.2) is 0 Å². The number of nitrogens with zero attached hydrogens (tertiary/aromatic N) is 1. The summed E-state index contributed by atoms with van der Waals surface area (Å²) in [5.41, 5.74) is 1.65. The summed E-state index contributed by atoms with van der Waals surface area (Å²) in [6.45, 7) is 0.606. The van der Waals surface area contributed by atoms with Gasteiger partial charge in [-0.15, -0.1) is 11.3 Å². The van der Waals surface area contributed by atoms with Crippen LogP contribution in [0.25, 0.3) is 10.9 Å². The quantitative estimate of drug-likeness (QED) is 0.766. The van der Waals surface area contributed by atoms with Gasteiger partial charge in [-0.05, 0) is 23.6 Å². The number of aromatic amines is 1. The van der Waals surface area contributed by atoms with E-state index in [1.165, 1.54) is 0 Å². The second kappa shape index (κ2) is 5.24. The summed E-state index contributed by atoms with van der Waals surface area (Å²) in [5.74, 6) is -0.0481. The average molecular weight is 271 g/mol. The molecule has 4 nitrogen and oxygen atoms in total. The molecule has 0 saturated heterocycles. The molecule has 2 aromatic heterocycles. The molecule has 96 valence electrons. The van der Waals surface area contributed by atoms with E-state index in [9.17, 15) is 4.79 Å². The van der Waals surface area contributed by atoms with Crippen LogP contribution in [0.2, 0.25) is 0 Å². The number of rotatable bonds is 4. The number of H-pyrrole nitrogens is 1. The van der Waals surface area contributed by atoms with Crippen LogP contribution in [0.3, 0.4) is 0 Å². The predicted molar refractivity (Wildman–Crippen MR) is 76.4 cm³/mol. The Labute approximate surface area is 114 Å². The number of nitrogens with one attached hydrogen (secondary N) is 2. The van der Waals surface area contributed by atoms with Crippen LogP contribution < -0.4 is 5.32 Å². The Kier molecular flexibility index (Phi) is 3.29. The number of carbonyl (C=O) groups is 1. The lowest BCUT2D eigenvalue weighted by Gasteiger charge is -2.04. The molecule has 1 amide bonds. The van der Waals surface area contributed by atoms with Crippen LogP contribution in [0.15, 0.2) is 42.0 Å². The molecule has 2 heterocycles. The summed E-state index contributed by atoms with van der Waals surface area (Å²) < 4.78 is 0. The molecular formula is C14H13N3OS. The molecule has 0 aliphatic heterocycles. The highest BCUT2D eigenvalue weighted by Crippen LogP contribution is 2.14. The van der Waals surface area contributed by atoms with E-state index in [-0.39, 0.29) is 5.91 Å². The molecule has 0 saturated carbocycles. The normalized spacial score (nSPS) is 10.7. The van der Waals surface area contributed by atoms with Crippen molar-refractivity contribution in [3.63, 3.8) is 0 Å². The van der Waals surface area contributed by atoms with E-state index in [4.69, 9.17) is 0 Å². The monoisotopic (exact) mass is 271 g/mol. The van der Waals surface area contributed by atoms with Crippen molar-refractivity contribution >= 4 is 28.1 Å². The molecule has 2 N–H and O–H groups in total. The van der Waals surface area contributed by atoms with E-state index < -0.39 is 0 Å². The highest BCUT2D eigenvalue weighted by Gasteiger charge is 2.06. The van der Waals surface area contributed by atoms with Crippen molar-refractivity contribution in [2.24, 2.45) is 0 Å². The Morgan fingerprint density at radius 2 is 2.32 bits per heavy atom. The maximum absolute atomic E-state index is 12.0. The van der Waals surface area contributed by atoms with Crippen LogP contribution in [-0.2, 0) is 6.42 Å². The molecule has 19 heavy (non-hydrogen) atoms. The molecule has 0 atom stereocenters. The SMILES string of the molecule is O=C(NCCc1nccs1)c1ccc2cc[nH]c2c1. The minimum atomic E-state index is -0.0481. The van der Waals surface area contributed by atoms with Crippen LogP contribution in [0, 0.1) is 0 Å². The van der Waals surface area contributed by atoms with Crippen molar-refractivity contribution in [1.29, 1.82) is 0 Å². The number of carbonyl (C=O) groups excluding carboxylic acids is 1. The zero-order chi connectivity index (χ0) is 13.1. The van der Waals surface area contributed by atoms with Crippen molar-refractivity contribution in [2.75, 3.05) is 6.54 Å². The summed E-state index contributed by atoms with van der Waals surface area (Å²) in [7, 11) is 0. The smallest absolute Gasteiger partial charge is 0.251 e. The van der Waals surface area contributed by atoms with E-state index in [0.29, 0.717) is 12.1 Å². The number of benzene rings is 1. The number of aromatic nitrogens is 2. The second-order valence-corrected chi connectivity index (χ2v) is 5.19. The van der Waals surface area contributed by atoms with Gasteiger partial charge in [0.1, 0.15) is 0 Å². The van der Waals surface area contributed by atoms with Crippen molar-refractivity contribution in [3.8, 4) is 0 Å². The van der Waals surface area contributed by atoms with Gasteiger partial charge in [0, 0.05) is 41.8 Å². The largest absolute Gasteiger partial charge is 0.361 e. The van der Waals surface area contributed by atoms with Gasteiger partial charge in [-0.1, -0.05) is 6.07 Å². The van der Waals surface area contributed by atoms with Gasteiger partial charge in [0.05, 0.1) is 5.01 Å². The van der Waals surface area contributed by atoms with E-state index in [1.807, 2.05) is 35.8 Å². The highest BCUT2D eigenvalue weighted by atomic mass is 32.1. The first kappa shape index (κ1) is 11.9. The molecule has 3 rings (SSSR count). The number of amides is 1. The minimum Gasteiger partial charge on any atom is -0.361 e. The van der Waals surface area contributed by atoms with Crippen molar-refractivity contribution in [2.45, 2.75) is 6.42 Å². The maximum Gasteiger partial charge on any atom is 0.251 e. The predicted octanol–water partition coefficient (Wildman–Crippen LogP) is 2.60. The number of hydrogen-bond donors (Lipinski definition) is 2. The van der Waals surface area contributed by atoms with E-state index in [2.05, 4.69) is 15.3 Å². The third-order valence-corrected chi connectivity index (χ3v) is 3.76. The number of thiazole rings is 1. The van der Waals surface area contributed by atoms with Crippen LogP contribution >= 0.6 is 11.3 Å². The van der Waals surface area contributed by atoms with Crippen LogP contribution in [0.4, 0.5) is 0 Å². The standard InChI is InChI=1S/C14H13N3OS/c18-14(17-6-4-13-16-7-8-19-13)11-2-1-10-3-5-15-12(10)9-11/h1-3,5,7-9,15H,4,6H2,(H,17,18). The Hall–Kier alpha value is -2.14. The van der Waals surface area contributed by atoms with Gasteiger partial charge < -0.3 is 10.3 Å². The first-order valence-electron chi connectivity index (χ1n) is 6.06. The van der Waals surface area contributed by atoms with Gasteiger partial charge in [-0.3, -0.25) is 4.79 Å². The molecule has 3 aromatic rings. The first-order chi connectivity index (χ1) is 9.33. The minimum absolute atomic E-state index is 0.0481. The lowest BCUT2D eigenvalue weighted by molar-refractivity contribution is 0.0954. The Balaban J connectivity index is 1.63. The number of fused-ring (bicyclic) bond motifs is 1. The molecule has 0 fully saturated rings. The summed E-state index contributed by atoms with van der Waals surface area (Å²) in [4.78, 5) is 19.3. The van der Waals surface area contributed by atoms with Gasteiger partial charge in [-0.2, -0.15) is 0 Å². The third-order valence-electron chi connectivity index (χ3n) is 2.93. The Bertz CT molecular complexity index is 688. The average Bonchev–Trinajstić information content (AvgIpc) is 3.08. The summed E-state index contributed by atoms with van der Waals surface area (Å²) >= 11 is 1.61. The highest BCUT2D eigenvalue weighted by molar-refractivity contribution is 7.09. The fourth-order valence-electron chi connectivity index (χ4n) is 1.95. The molecule has 0 spiro atoms. The van der Waals surface area contributed by atoms with Crippen molar-refractivity contribution in [1.82, 2.24) is 15.3 Å². The fourth-order valence-corrected chi connectivity index (χ4v) is 2.57. The summed E-state index contributed by atoms with van der Waals surface area (Å²) in [6, 6.07) is 7.64. The van der Waals surface area contributed by atoms with E-state index in [1.54, 1.807) is 17.5 Å². The molecule has 0 radical (unpaired) electrons. The van der Waals surface area contributed by atoms with Crippen molar-refractivity contribution in [3.05, 3.63) is 52.6 Å². The van der Waals surface area contributed by atoms with E-state index >= 15 is 0 Å². The first-order valence-corrected chi connectivity index (χ1v) is 6.94. The summed E-state index contributed by atoms with van der Waals surface area (Å²) in [6.07, 6.45) is 4.42. The van der Waals surface area contributed by atoms with Crippen LogP contribution in [-0.4, -0.2) is 22.4 Å². The molecule has 5 heteroatoms. The zero-order valence-corrected chi connectivity index (χ0v) is 11.0. The molecule has 0 aliphatic rings. The Morgan fingerprint density at radius 3 is 3.16 bits per heavy atom. The summed E-state index contributed by atoms with van der Waals surface area (Å²) in [5, 5.41) is 7.00. The van der Waals surface area contributed by atoms with Crippen molar-refractivity contribution < 1.29 is 4.79 Å². The molecule has 0 unspecified atom stereocenters. The molecule has 1 aromatic carbocycles. The second-order valence-electron chi connectivity index (χ2n) is 4.21. The molecule has 0 aliphatic carbocycles. The maximum atomic E-state index is 12.0. The van der Waals surface area contributed by atoms with Gasteiger partial charge in [-0.25, -0.2) is 4.98 Å². The third kappa shape index (κ3) is 2.66. The number of hydrogen-bond acceptors (Lipinski definition) is 3. The lowest BCUT2D eigenvalue weighted by Crippen LogP contribution is -2.25. The van der Waals surface area contributed by atoms with E-state index in [0.717, 1.165) is 22.3 Å². The van der Waals surface area contributed by atoms with Crippen LogP contribution in [0.1, 0.15) is 15.4 Å². The Morgan fingerprint density at radius 1 is 1.37 bits per heavy atom. The molecular weight excluding hydrogens is 258 g/mol. The molecule has 0 bridgehead atoms. The van der Waals surface area contributed by atoms with Gasteiger partial charge >= 0.3 is 0 Å². The topological polar surface area (TPSA) is 57.8 Å². The fraction of sp³-hybridized carbons (Fsp3) is 0.143. The van der Waals surface area contributed by atoms with Gasteiger partial charge in [0.2, 0.25) is 0 Å².